The van der Waals surface area contributed by atoms with E-state index in [1.54, 1.807) is 11.1 Å². The van der Waals surface area contributed by atoms with Crippen molar-refractivity contribution in [2.45, 2.75) is 50.5 Å². The predicted molar refractivity (Wildman–Crippen MR) is 78.6 cm³/mol. The number of aryl methyl sites for hydroxylation is 1. The van der Waals surface area contributed by atoms with Crippen molar-refractivity contribution in [2.75, 3.05) is 19.7 Å². The van der Waals surface area contributed by atoms with Gasteiger partial charge in [0.15, 0.2) is 0 Å². The van der Waals surface area contributed by atoms with Gasteiger partial charge in [-0.05, 0) is 55.6 Å². The molecule has 1 fully saturated rings. The van der Waals surface area contributed by atoms with Crippen LogP contribution in [0.3, 0.4) is 0 Å². The summed E-state index contributed by atoms with van der Waals surface area (Å²) in [6, 6.07) is 8.97. The maximum Gasteiger partial charge on any atom is 0.0699 e. The van der Waals surface area contributed by atoms with E-state index in [1.807, 2.05) is 0 Å². The lowest BCUT2D eigenvalue weighted by atomic mass is 9.83. The van der Waals surface area contributed by atoms with Gasteiger partial charge in [0.2, 0.25) is 0 Å². The number of benzene rings is 1. The van der Waals surface area contributed by atoms with Gasteiger partial charge in [-0.15, -0.1) is 0 Å². The summed E-state index contributed by atoms with van der Waals surface area (Å²) in [5, 5.41) is 3.64. The molecule has 19 heavy (non-hydrogen) atoms. The SMILES string of the molecule is c1ccc2c(c1)CCCC2CNCC1CCCCO1. The summed E-state index contributed by atoms with van der Waals surface area (Å²) in [5.74, 6) is 0.702. The molecule has 0 amide bonds. The third-order valence-corrected chi connectivity index (χ3v) is 4.53. The van der Waals surface area contributed by atoms with E-state index in [0.29, 0.717) is 12.0 Å². The van der Waals surface area contributed by atoms with Crippen molar-refractivity contribution in [1.82, 2.24) is 5.32 Å². The highest BCUT2D eigenvalue weighted by atomic mass is 16.5. The monoisotopic (exact) mass is 259 g/mol. The predicted octanol–water partition coefficient (Wildman–Crippen LogP) is 3.27. The number of fused-ring (bicyclic) bond motifs is 1. The van der Waals surface area contributed by atoms with E-state index in [0.717, 1.165) is 19.7 Å². The van der Waals surface area contributed by atoms with Crippen molar-refractivity contribution in [1.29, 1.82) is 0 Å². The molecule has 2 aliphatic rings. The molecule has 2 unspecified atom stereocenters. The molecule has 1 aromatic carbocycles. The minimum absolute atomic E-state index is 0.451. The zero-order chi connectivity index (χ0) is 12.9. The molecular formula is C17H25NO. The van der Waals surface area contributed by atoms with Gasteiger partial charge in [-0.2, -0.15) is 0 Å². The second kappa shape index (κ2) is 6.53. The van der Waals surface area contributed by atoms with E-state index in [2.05, 4.69) is 29.6 Å². The highest BCUT2D eigenvalue weighted by Gasteiger charge is 2.20. The van der Waals surface area contributed by atoms with Crippen LogP contribution >= 0.6 is 0 Å². The molecule has 0 aromatic heterocycles. The maximum atomic E-state index is 5.77. The summed E-state index contributed by atoms with van der Waals surface area (Å²) >= 11 is 0. The van der Waals surface area contributed by atoms with Gasteiger partial charge in [0.1, 0.15) is 0 Å². The van der Waals surface area contributed by atoms with Crippen LogP contribution in [0.1, 0.15) is 49.1 Å². The van der Waals surface area contributed by atoms with Crippen molar-refractivity contribution in [3.63, 3.8) is 0 Å². The molecule has 2 atom stereocenters. The van der Waals surface area contributed by atoms with Gasteiger partial charge in [-0.1, -0.05) is 24.3 Å². The first kappa shape index (κ1) is 13.1. The van der Waals surface area contributed by atoms with Gasteiger partial charge in [0.25, 0.3) is 0 Å². The second-order valence-corrected chi connectivity index (χ2v) is 5.93. The number of ether oxygens (including phenoxy) is 1. The Kier molecular flexibility index (Phi) is 4.52. The van der Waals surface area contributed by atoms with Gasteiger partial charge >= 0.3 is 0 Å². The van der Waals surface area contributed by atoms with Crippen molar-refractivity contribution in [3.8, 4) is 0 Å². The van der Waals surface area contributed by atoms with Gasteiger partial charge in [0, 0.05) is 19.7 Å². The van der Waals surface area contributed by atoms with Crippen LogP contribution in [0, 0.1) is 0 Å². The summed E-state index contributed by atoms with van der Waals surface area (Å²) in [7, 11) is 0. The van der Waals surface area contributed by atoms with E-state index >= 15 is 0 Å². The number of hydrogen-bond acceptors (Lipinski definition) is 2. The third-order valence-electron chi connectivity index (χ3n) is 4.53. The minimum Gasteiger partial charge on any atom is -0.377 e. The Morgan fingerprint density at radius 1 is 1.05 bits per heavy atom. The maximum absolute atomic E-state index is 5.77. The summed E-state index contributed by atoms with van der Waals surface area (Å²) < 4.78 is 5.77. The summed E-state index contributed by atoms with van der Waals surface area (Å²) in [4.78, 5) is 0. The highest BCUT2D eigenvalue weighted by molar-refractivity contribution is 5.32. The Balaban J connectivity index is 1.50. The summed E-state index contributed by atoms with van der Waals surface area (Å²) in [5.41, 5.74) is 3.14. The molecule has 1 aromatic rings. The first-order valence-corrected chi connectivity index (χ1v) is 7.83. The number of hydrogen-bond donors (Lipinski definition) is 1. The molecule has 1 heterocycles. The minimum atomic E-state index is 0.451. The topological polar surface area (TPSA) is 21.3 Å². The van der Waals surface area contributed by atoms with E-state index in [-0.39, 0.29) is 0 Å². The third kappa shape index (κ3) is 3.37. The first-order valence-electron chi connectivity index (χ1n) is 7.83. The molecular weight excluding hydrogens is 234 g/mol. The Labute approximate surface area is 116 Å². The number of nitrogens with one attached hydrogen (secondary N) is 1. The van der Waals surface area contributed by atoms with Crippen LogP contribution in [0.15, 0.2) is 24.3 Å². The van der Waals surface area contributed by atoms with Crippen molar-refractivity contribution in [2.24, 2.45) is 0 Å². The Bertz CT molecular complexity index is 398. The smallest absolute Gasteiger partial charge is 0.0699 e. The molecule has 0 spiro atoms. The molecule has 2 nitrogen and oxygen atoms in total. The van der Waals surface area contributed by atoms with Crippen molar-refractivity contribution in [3.05, 3.63) is 35.4 Å². The quantitative estimate of drug-likeness (QED) is 0.896. The van der Waals surface area contributed by atoms with Gasteiger partial charge < -0.3 is 10.1 Å². The second-order valence-electron chi connectivity index (χ2n) is 5.93. The zero-order valence-electron chi connectivity index (χ0n) is 11.7. The van der Waals surface area contributed by atoms with E-state index in [4.69, 9.17) is 4.74 Å². The zero-order valence-corrected chi connectivity index (χ0v) is 11.7. The molecule has 0 radical (unpaired) electrons. The Morgan fingerprint density at radius 3 is 2.89 bits per heavy atom. The van der Waals surface area contributed by atoms with Crippen LogP contribution in [-0.4, -0.2) is 25.8 Å². The molecule has 0 bridgehead atoms. The molecule has 1 saturated heterocycles. The molecule has 1 aliphatic heterocycles. The highest BCUT2D eigenvalue weighted by Crippen LogP contribution is 2.30. The van der Waals surface area contributed by atoms with Crippen LogP contribution in [0.25, 0.3) is 0 Å². The average molecular weight is 259 g/mol. The molecule has 1 aliphatic carbocycles. The van der Waals surface area contributed by atoms with E-state index < -0.39 is 0 Å². The standard InChI is InChI=1S/C17H25NO/c1-2-10-17-14(6-1)7-5-8-15(17)12-18-13-16-9-3-4-11-19-16/h1-2,6,10,15-16,18H,3-5,7-9,11-13H2. The van der Waals surface area contributed by atoms with Gasteiger partial charge in [-0.25, -0.2) is 0 Å². The van der Waals surface area contributed by atoms with Crippen LogP contribution in [-0.2, 0) is 11.2 Å². The molecule has 104 valence electrons. The fourth-order valence-electron chi connectivity index (χ4n) is 3.45. The van der Waals surface area contributed by atoms with Crippen molar-refractivity contribution < 1.29 is 4.74 Å². The average Bonchev–Trinajstić information content (AvgIpc) is 2.49. The molecule has 1 N–H and O–H groups in total. The first-order chi connectivity index (χ1) is 9.43. The number of rotatable bonds is 4. The lowest BCUT2D eigenvalue weighted by Gasteiger charge is -2.27. The van der Waals surface area contributed by atoms with Crippen LogP contribution in [0.4, 0.5) is 0 Å². The molecule has 3 rings (SSSR count). The lowest BCUT2D eigenvalue weighted by Crippen LogP contribution is -2.34. The van der Waals surface area contributed by atoms with Crippen molar-refractivity contribution >= 4 is 0 Å². The lowest BCUT2D eigenvalue weighted by molar-refractivity contribution is 0.0168. The largest absolute Gasteiger partial charge is 0.377 e. The van der Waals surface area contributed by atoms with Gasteiger partial charge in [-0.3, -0.25) is 0 Å². The molecule has 0 saturated carbocycles. The van der Waals surface area contributed by atoms with E-state index in [1.165, 1.54) is 38.5 Å². The summed E-state index contributed by atoms with van der Waals surface area (Å²) in [6.45, 7) is 3.09. The van der Waals surface area contributed by atoms with Crippen LogP contribution < -0.4 is 5.32 Å². The fraction of sp³-hybridized carbons (Fsp3) is 0.647. The van der Waals surface area contributed by atoms with Crippen LogP contribution in [0.5, 0.6) is 0 Å². The summed E-state index contributed by atoms with van der Waals surface area (Å²) in [6.07, 6.45) is 8.18. The van der Waals surface area contributed by atoms with Gasteiger partial charge in [0.05, 0.1) is 6.10 Å². The normalized spacial score (nSPS) is 26.9. The Morgan fingerprint density at radius 2 is 2.00 bits per heavy atom. The molecule has 2 heteroatoms. The Hall–Kier alpha value is -0.860. The fourth-order valence-corrected chi connectivity index (χ4v) is 3.45. The van der Waals surface area contributed by atoms with E-state index in [9.17, 15) is 0 Å². The van der Waals surface area contributed by atoms with Crippen LogP contribution in [0.2, 0.25) is 0 Å².